The zero-order valence-corrected chi connectivity index (χ0v) is 12.6. The van der Waals surface area contributed by atoms with E-state index in [9.17, 15) is 4.79 Å². The number of nitrogens with two attached hydrogens (primary N) is 1. The molecule has 0 atom stereocenters. The number of carbonyl (C=O) groups excluding carboxylic acids is 1. The van der Waals surface area contributed by atoms with E-state index in [4.69, 9.17) is 5.73 Å². The van der Waals surface area contributed by atoms with Gasteiger partial charge in [0.25, 0.3) is 0 Å². The SMILES string of the molecule is CC1CCN(C(=O)NCc2ccc(C#CCN)s2)CC1. The highest BCUT2D eigenvalue weighted by molar-refractivity contribution is 7.12. The van der Waals surface area contributed by atoms with Crippen molar-refractivity contribution >= 4 is 17.4 Å². The first-order chi connectivity index (χ1) is 9.69. The van der Waals surface area contributed by atoms with E-state index in [2.05, 4.69) is 24.1 Å². The third-order valence-electron chi connectivity index (χ3n) is 3.46. The number of urea groups is 1. The molecule has 0 aromatic carbocycles. The minimum atomic E-state index is 0.0416. The minimum absolute atomic E-state index is 0.0416. The molecular weight excluding hydrogens is 270 g/mol. The van der Waals surface area contributed by atoms with Gasteiger partial charge in [0.05, 0.1) is 18.0 Å². The number of piperidine rings is 1. The second-order valence-corrected chi connectivity index (χ2v) is 6.27. The molecule has 0 unspecified atom stereocenters. The van der Waals surface area contributed by atoms with Gasteiger partial charge in [0.2, 0.25) is 0 Å². The summed E-state index contributed by atoms with van der Waals surface area (Å²) in [6.07, 6.45) is 2.20. The van der Waals surface area contributed by atoms with E-state index in [1.54, 1.807) is 11.3 Å². The molecule has 5 heteroatoms. The van der Waals surface area contributed by atoms with Gasteiger partial charge in [-0.05, 0) is 30.9 Å². The van der Waals surface area contributed by atoms with E-state index in [0.29, 0.717) is 13.1 Å². The molecule has 1 aromatic heterocycles. The third-order valence-corrected chi connectivity index (χ3v) is 4.46. The monoisotopic (exact) mass is 291 g/mol. The Balaban J connectivity index is 1.79. The van der Waals surface area contributed by atoms with Crippen LogP contribution >= 0.6 is 11.3 Å². The topological polar surface area (TPSA) is 58.4 Å². The van der Waals surface area contributed by atoms with Crippen molar-refractivity contribution in [3.8, 4) is 11.8 Å². The summed E-state index contributed by atoms with van der Waals surface area (Å²) in [6, 6.07) is 4.01. The third kappa shape index (κ3) is 4.26. The molecule has 2 heterocycles. The van der Waals surface area contributed by atoms with Crippen LogP contribution in [0.1, 0.15) is 29.5 Å². The summed E-state index contributed by atoms with van der Waals surface area (Å²) in [5, 5.41) is 2.98. The zero-order valence-electron chi connectivity index (χ0n) is 11.8. The van der Waals surface area contributed by atoms with Crippen molar-refractivity contribution < 1.29 is 4.79 Å². The van der Waals surface area contributed by atoms with Crippen LogP contribution in [0.2, 0.25) is 0 Å². The second kappa shape index (κ2) is 7.32. The fourth-order valence-corrected chi connectivity index (χ4v) is 2.99. The fraction of sp³-hybridized carbons (Fsp3) is 0.533. The molecule has 4 nitrogen and oxygen atoms in total. The van der Waals surface area contributed by atoms with Gasteiger partial charge in [-0.2, -0.15) is 0 Å². The maximum absolute atomic E-state index is 12.0. The Morgan fingerprint density at radius 1 is 1.50 bits per heavy atom. The summed E-state index contributed by atoms with van der Waals surface area (Å²) in [5.41, 5.74) is 5.34. The first-order valence-electron chi connectivity index (χ1n) is 6.99. The van der Waals surface area contributed by atoms with Crippen molar-refractivity contribution in [3.63, 3.8) is 0 Å². The maximum atomic E-state index is 12.0. The average Bonchev–Trinajstić information content (AvgIpc) is 2.91. The Kier molecular flexibility index (Phi) is 5.45. The molecule has 0 saturated carbocycles. The Labute approximate surface area is 124 Å². The smallest absolute Gasteiger partial charge is 0.317 e. The van der Waals surface area contributed by atoms with Crippen LogP contribution < -0.4 is 11.1 Å². The standard InChI is InChI=1S/C15H21N3OS/c1-12-6-9-18(10-7-12)15(19)17-11-14-5-4-13(20-14)3-2-8-16/h4-5,12H,6-11,16H2,1H3,(H,17,19). The Hall–Kier alpha value is -1.51. The molecule has 0 radical (unpaired) electrons. The number of carbonyl (C=O) groups is 1. The molecule has 1 aromatic rings. The van der Waals surface area contributed by atoms with Crippen LogP contribution in [0.4, 0.5) is 4.79 Å². The molecule has 108 valence electrons. The van der Waals surface area contributed by atoms with Gasteiger partial charge in [-0.1, -0.05) is 18.8 Å². The molecule has 1 aliphatic rings. The molecule has 1 aliphatic heterocycles. The lowest BCUT2D eigenvalue weighted by molar-refractivity contribution is 0.173. The van der Waals surface area contributed by atoms with E-state index in [1.165, 1.54) is 0 Å². The Morgan fingerprint density at radius 2 is 2.25 bits per heavy atom. The molecule has 0 bridgehead atoms. The predicted molar refractivity (Wildman–Crippen MR) is 82.5 cm³/mol. The summed E-state index contributed by atoms with van der Waals surface area (Å²) in [7, 11) is 0. The molecule has 2 rings (SSSR count). The molecule has 0 spiro atoms. The van der Waals surface area contributed by atoms with Gasteiger partial charge in [0.15, 0.2) is 0 Å². The highest BCUT2D eigenvalue weighted by atomic mass is 32.1. The Morgan fingerprint density at radius 3 is 2.95 bits per heavy atom. The normalized spacial score (nSPS) is 15.6. The van der Waals surface area contributed by atoms with Crippen LogP contribution in [0.5, 0.6) is 0 Å². The van der Waals surface area contributed by atoms with Crippen LogP contribution in [0.3, 0.4) is 0 Å². The van der Waals surface area contributed by atoms with Gasteiger partial charge >= 0.3 is 6.03 Å². The zero-order chi connectivity index (χ0) is 14.4. The summed E-state index contributed by atoms with van der Waals surface area (Å²) >= 11 is 1.60. The average molecular weight is 291 g/mol. The van der Waals surface area contributed by atoms with Crippen LogP contribution in [-0.4, -0.2) is 30.6 Å². The largest absolute Gasteiger partial charge is 0.333 e. The lowest BCUT2D eigenvalue weighted by Gasteiger charge is -2.30. The van der Waals surface area contributed by atoms with Gasteiger partial charge in [0, 0.05) is 18.0 Å². The number of nitrogens with one attached hydrogen (secondary N) is 1. The van der Waals surface area contributed by atoms with E-state index in [1.807, 2.05) is 17.0 Å². The van der Waals surface area contributed by atoms with Crippen molar-refractivity contribution in [2.24, 2.45) is 11.7 Å². The molecular formula is C15H21N3OS. The molecule has 0 aliphatic carbocycles. The lowest BCUT2D eigenvalue weighted by atomic mass is 10.00. The van der Waals surface area contributed by atoms with Crippen molar-refractivity contribution in [2.45, 2.75) is 26.3 Å². The van der Waals surface area contributed by atoms with Crippen LogP contribution in [0.15, 0.2) is 12.1 Å². The van der Waals surface area contributed by atoms with Gasteiger partial charge in [-0.25, -0.2) is 4.79 Å². The number of thiophene rings is 1. The highest BCUT2D eigenvalue weighted by Crippen LogP contribution is 2.17. The molecule has 1 fully saturated rings. The predicted octanol–water partition coefficient (Wildman–Crippen LogP) is 2.00. The number of likely N-dealkylation sites (tertiary alicyclic amines) is 1. The van der Waals surface area contributed by atoms with Gasteiger partial charge in [-0.15, -0.1) is 11.3 Å². The quantitative estimate of drug-likeness (QED) is 0.819. The Bertz CT molecular complexity index is 507. The summed E-state index contributed by atoms with van der Waals surface area (Å²) in [5.74, 6) is 6.57. The van der Waals surface area contributed by atoms with Crippen LogP contribution in [0, 0.1) is 17.8 Å². The lowest BCUT2D eigenvalue weighted by Crippen LogP contribution is -2.43. The number of amides is 2. The molecule has 20 heavy (non-hydrogen) atoms. The number of rotatable bonds is 2. The molecule has 2 amide bonds. The van der Waals surface area contributed by atoms with Gasteiger partial charge in [-0.3, -0.25) is 0 Å². The van der Waals surface area contributed by atoms with Gasteiger partial charge in [0.1, 0.15) is 0 Å². The maximum Gasteiger partial charge on any atom is 0.317 e. The van der Waals surface area contributed by atoms with Crippen molar-refractivity contribution in [3.05, 3.63) is 21.9 Å². The summed E-state index contributed by atoms with van der Waals surface area (Å²) in [6.45, 7) is 4.91. The number of hydrogen-bond donors (Lipinski definition) is 2. The van der Waals surface area contributed by atoms with Crippen LogP contribution in [-0.2, 0) is 6.54 Å². The minimum Gasteiger partial charge on any atom is -0.333 e. The van der Waals surface area contributed by atoms with E-state index in [-0.39, 0.29) is 6.03 Å². The highest BCUT2D eigenvalue weighted by Gasteiger charge is 2.19. The number of hydrogen-bond acceptors (Lipinski definition) is 3. The summed E-state index contributed by atoms with van der Waals surface area (Å²) in [4.78, 5) is 16.0. The van der Waals surface area contributed by atoms with Crippen molar-refractivity contribution in [2.75, 3.05) is 19.6 Å². The van der Waals surface area contributed by atoms with Crippen molar-refractivity contribution in [1.29, 1.82) is 0 Å². The van der Waals surface area contributed by atoms with E-state index >= 15 is 0 Å². The first-order valence-corrected chi connectivity index (χ1v) is 7.81. The van der Waals surface area contributed by atoms with E-state index < -0.39 is 0 Å². The van der Waals surface area contributed by atoms with Crippen LogP contribution in [0.25, 0.3) is 0 Å². The van der Waals surface area contributed by atoms with Gasteiger partial charge < -0.3 is 16.0 Å². The fourth-order valence-electron chi connectivity index (χ4n) is 2.16. The molecule has 1 saturated heterocycles. The molecule has 3 N–H and O–H groups in total. The van der Waals surface area contributed by atoms with Crippen molar-refractivity contribution in [1.82, 2.24) is 10.2 Å². The first kappa shape index (κ1) is 14.9. The van der Waals surface area contributed by atoms with E-state index in [0.717, 1.165) is 41.6 Å². The second-order valence-electron chi connectivity index (χ2n) is 5.10. The summed E-state index contributed by atoms with van der Waals surface area (Å²) < 4.78 is 0. The number of nitrogens with zero attached hydrogens (tertiary/aromatic N) is 1.